The highest BCUT2D eigenvalue weighted by Crippen LogP contribution is 2.46. The van der Waals surface area contributed by atoms with Gasteiger partial charge in [-0.1, -0.05) is 6.07 Å². The molecule has 3 aromatic rings. The average molecular weight is 616 g/mol. The Balaban J connectivity index is 1.51. The molecule has 10 nitrogen and oxygen atoms in total. The molecule has 0 radical (unpaired) electrons. The van der Waals surface area contributed by atoms with E-state index in [1.807, 2.05) is 0 Å². The predicted octanol–water partition coefficient (Wildman–Crippen LogP) is 5.28. The van der Waals surface area contributed by atoms with Crippen molar-refractivity contribution in [2.45, 2.75) is 76.4 Å². The molecule has 15 heteroatoms. The number of aromatic nitrogens is 4. The van der Waals surface area contributed by atoms with Crippen molar-refractivity contribution >= 4 is 23.0 Å². The summed E-state index contributed by atoms with van der Waals surface area (Å²) in [6, 6.07) is 1.80. The number of nitrogens with zero attached hydrogens (tertiary/aromatic N) is 4. The van der Waals surface area contributed by atoms with E-state index in [-0.39, 0.29) is 34.2 Å². The summed E-state index contributed by atoms with van der Waals surface area (Å²) >= 11 is 0. The van der Waals surface area contributed by atoms with E-state index in [1.54, 1.807) is 19.2 Å². The Morgan fingerprint density at radius 2 is 1.98 bits per heavy atom. The first-order chi connectivity index (χ1) is 21.6. The standard InChI is InChI=1S/C28H34F5N7O3/c1-15(2)40-21(9-10-35-40)24(41)38-20(12-43-26(3,4)28(31,32)33)23-36-18-8-7-17(11-19(18)37-23)22(16-5-6-16)39-14-27(29,30)13-34-25(39)42/h7-11,15-16,20,22H,5-6,12-14H2,1-4H3,(H,34,42)(H,36,37)(H,38,41)/t20-,22+/m0/s1/i13D2,14D2. The summed E-state index contributed by atoms with van der Waals surface area (Å²) in [5.74, 6) is -5.69. The molecular formula is C28H34F5N7O3. The Morgan fingerprint density at radius 3 is 2.63 bits per heavy atom. The number of amides is 3. The molecule has 2 fully saturated rings. The molecule has 1 aliphatic heterocycles. The lowest BCUT2D eigenvalue weighted by Gasteiger charge is -2.38. The van der Waals surface area contributed by atoms with E-state index in [9.17, 15) is 22.8 Å². The van der Waals surface area contributed by atoms with Crippen molar-refractivity contribution in [1.29, 1.82) is 0 Å². The van der Waals surface area contributed by atoms with Gasteiger partial charge in [-0.25, -0.2) is 18.6 Å². The third-order valence-electron chi connectivity index (χ3n) is 7.34. The third kappa shape index (κ3) is 6.45. The van der Waals surface area contributed by atoms with Crippen LogP contribution in [0.2, 0.25) is 0 Å². The van der Waals surface area contributed by atoms with Crippen molar-refractivity contribution in [3.8, 4) is 0 Å². The molecule has 3 N–H and O–H groups in total. The molecule has 234 valence electrons. The highest BCUT2D eigenvalue weighted by atomic mass is 19.4. The van der Waals surface area contributed by atoms with Crippen molar-refractivity contribution < 1.29 is 41.8 Å². The van der Waals surface area contributed by atoms with Crippen LogP contribution >= 0.6 is 0 Å². The zero-order valence-corrected chi connectivity index (χ0v) is 23.7. The fourth-order valence-electron chi connectivity index (χ4n) is 4.76. The van der Waals surface area contributed by atoms with Crippen LogP contribution in [0.4, 0.5) is 26.7 Å². The maximum Gasteiger partial charge on any atom is 0.416 e. The number of carbonyl (C=O) groups excluding carboxylic acids is 2. The molecule has 0 spiro atoms. The number of urea groups is 1. The van der Waals surface area contributed by atoms with Crippen molar-refractivity contribution in [1.82, 2.24) is 35.3 Å². The molecule has 0 unspecified atom stereocenters. The first-order valence-electron chi connectivity index (χ1n) is 15.6. The van der Waals surface area contributed by atoms with Crippen LogP contribution in [0.15, 0.2) is 30.5 Å². The first-order valence-corrected chi connectivity index (χ1v) is 13.6. The molecule has 3 heterocycles. The molecule has 1 saturated heterocycles. The van der Waals surface area contributed by atoms with E-state index < -0.39 is 67.2 Å². The number of imidazole rings is 1. The summed E-state index contributed by atoms with van der Waals surface area (Å²) in [4.78, 5) is 33.9. The molecule has 2 aliphatic rings. The number of benzene rings is 1. The van der Waals surface area contributed by atoms with Gasteiger partial charge in [0.25, 0.3) is 11.8 Å². The van der Waals surface area contributed by atoms with Crippen molar-refractivity contribution in [2.75, 3.05) is 19.6 Å². The molecule has 43 heavy (non-hydrogen) atoms. The van der Waals surface area contributed by atoms with Gasteiger partial charge in [0.15, 0.2) is 5.60 Å². The van der Waals surface area contributed by atoms with Gasteiger partial charge in [-0.2, -0.15) is 18.3 Å². The van der Waals surface area contributed by atoms with Crippen molar-refractivity contribution in [2.24, 2.45) is 5.92 Å². The topological polar surface area (TPSA) is 117 Å². The SMILES string of the molecule is [2H]C1([2H])NC(=O)N([C@@H](c2ccc3nc([C@H](COC(C)(C)C(F)(F)F)NC(=O)c4ccnn4C(C)C)[nH]c3c2)C2CC2)C([2H])([2H])C1(F)F. The number of hydrogen-bond acceptors (Lipinski definition) is 5. The summed E-state index contributed by atoms with van der Waals surface area (Å²) in [6.45, 7) is -2.75. The number of ether oxygens (including phenoxy) is 1. The second-order valence-electron chi connectivity index (χ2n) is 11.4. The van der Waals surface area contributed by atoms with Gasteiger partial charge < -0.3 is 25.3 Å². The lowest BCUT2D eigenvalue weighted by molar-refractivity contribution is -0.265. The number of carbonyl (C=O) groups is 2. The van der Waals surface area contributed by atoms with Crippen LogP contribution < -0.4 is 10.6 Å². The lowest BCUT2D eigenvalue weighted by atomic mass is 9.99. The number of rotatable bonds is 10. The number of H-pyrrole nitrogens is 1. The zero-order valence-electron chi connectivity index (χ0n) is 27.7. The minimum atomic E-state index is -4.74. The van der Waals surface area contributed by atoms with Crippen LogP contribution in [0.25, 0.3) is 11.0 Å². The fourth-order valence-corrected chi connectivity index (χ4v) is 4.76. The van der Waals surface area contributed by atoms with Crippen LogP contribution in [0.5, 0.6) is 0 Å². The summed E-state index contributed by atoms with van der Waals surface area (Å²) in [7, 11) is 0. The fraction of sp³-hybridized carbons (Fsp3) is 0.571. The number of halogens is 5. The zero-order chi connectivity index (χ0) is 34.9. The van der Waals surface area contributed by atoms with Crippen LogP contribution in [0, 0.1) is 5.92 Å². The number of nitrogens with one attached hydrogen (secondary N) is 3. The van der Waals surface area contributed by atoms with Gasteiger partial charge in [0.1, 0.15) is 17.6 Å². The second-order valence-corrected chi connectivity index (χ2v) is 11.4. The molecule has 1 aromatic carbocycles. The summed E-state index contributed by atoms with van der Waals surface area (Å²) in [6.07, 6.45) is -2.35. The third-order valence-corrected chi connectivity index (χ3v) is 7.34. The molecule has 0 bridgehead atoms. The summed E-state index contributed by atoms with van der Waals surface area (Å²) < 4.78 is 109. The van der Waals surface area contributed by atoms with Gasteiger partial charge in [-0.3, -0.25) is 9.48 Å². The number of hydrogen-bond donors (Lipinski definition) is 3. The van der Waals surface area contributed by atoms with Gasteiger partial charge in [0, 0.05) is 12.2 Å². The minimum Gasteiger partial charge on any atom is -0.364 e. The predicted molar refractivity (Wildman–Crippen MR) is 146 cm³/mol. The number of fused-ring (bicyclic) bond motifs is 1. The molecule has 3 amide bonds. The molecule has 1 aliphatic carbocycles. The van der Waals surface area contributed by atoms with Crippen molar-refractivity contribution in [3.63, 3.8) is 0 Å². The van der Waals surface area contributed by atoms with E-state index in [2.05, 4.69) is 20.4 Å². The smallest absolute Gasteiger partial charge is 0.364 e. The van der Waals surface area contributed by atoms with Crippen LogP contribution in [-0.4, -0.2) is 73.9 Å². The van der Waals surface area contributed by atoms with E-state index >= 15 is 8.78 Å². The van der Waals surface area contributed by atoms with E-state index in [0.29, 0.717) is 17.7 Å². The quantitative estimate of drug-likeness (QED) is 0.269. The van der Waals surface area contributed by atoms with Gasteiger partial charge in [-0.15, -0.1) is 0 Å². The van der Waals surface area contributed by atoms with Crippen molar-refractivity contribution in [3.05, 3.63) is 47.5 Å². The molecule has 1 saturated carbocycles. The molecule has 2 atom stereocenters. The van der Waals surface area contributed by atoms with Gasteiger partial charge in [0.05, 0.1) is 42.2 Å². The molecular weight excluding hydrogens is 577 g/mol. The van der Waals surface area contributed by atoms with E-state index in [1.165, 1.54) is 35.1 Å². The Morgan fingerprint density at radius 1 is 1.26 bits per heavy atom. The van der Waals surface area contributed by atoms with E-state index in [0.717, 1.165) is 13.8 Å². The van der Waals surface area contributed by atoms with E-state index in [4.69, 9.17) is 10.2 Å². The Bertz CT molecular complexity index is 1670. The Labute approximate surface area is 250 Å². The maximum atomic E-state index is 15.0. The average Bonchev–Trinajstić information content (AvgIpc) is 3.48. The first kappa shape index (κ1) is 25.7. The minimum absolute atomic E-state index is 0.00725. The normalized spacial score (nSPS) is 22.7. The summed E-state index contributed by atoms with van der Waals surface area (Å²) in [5.41, 5.74) is -1.68. The highest BCUT2D eigenvalue weighted by Gasteiger charge is 2.49. The largest absolute Gasteiger partial charge is 0.416 e. The second kappa shape index (κ2) is 11.1. The van der Waals surface area contributed by atoms with Crippen LogP contribution in [-0.2, 0) is 4.74 Å². The molecule has 2 aromatic heterocycles. The summed E-state index contributed by atoms with van der Waals surface area (Å²) in [5, 5.41) is 8.35. The lowest BCUT2D eigenvalue weighted by Crippen LogP contribution is -2.58. The van der Waals surface area contributed by atoms with Gasteiger partial charge >= 0.3 is 12.2 Å². The number of alkyl halides is 5. The van der Waals surface area contributed by atoms with Crippen LogP contribution in [0.1, 0.15) is 86.0 Å². The monoisotopic (exact) mass is 615 g/mol. The maximum absolute atomic E-state index is 15.0. The number of aromatic amines is 1. The Kier molecular flexibility index (Phi) is 6.62. The van der Waals surface area contributed by atoms with Gasteiger partial charge in [0.2, 0.25) is 0 Å². The highest BCUT2D eigenvalue weighted by molar-refractivity contribution is 5.92. The van der Waals surface area contributed by atoms with Crippen LogP contribution in [0.3, 0.4) is 0 Å². The van der Waals surface area contributed by atoms with Gasteiger partial charge in [-0.05, 0) is 70.2 Å². The Hall–Kier alpha value is -3.75. The molecule has 5 rings (SSSR count).